The third-order valence-corrected chi connectivity index (χ3v) is 4.00. The van der Waals surface area contributed by atoms with Crippen molar-refractivity contribution in [3.05, 3.63) is 80.6 Å². The van der Waals surface area contributed by atoms with Gasteiger partial charge in [-0.3, -0.25) is 9.59 Å². The van der Waals surface area contributed by atoms with Gasteiger partial charge in [0.05, 0.1) is 6.61 Å². The van der Waals surface area contributed by atoms with Crippen molar-refractivity contribution >= 4 is 34.3 Å². The van der Waals surface area contributed by atoms with E-state index in [4.69, 9.17) is 16.3 Å². The molecule has 0 spiro atoms. The Balaban J connectivity index is 2.08. The number of carbonyl (C=O) groups is 2. The molecule has 0 amide bonds. The number of benzene rings is 2. The molecule has 5 nitrogen and oxygen atoms in total. The standard InChI is InChI=1S/C19H14ClNO4/c1-2-25-19(24)15-10-21-16-8-5-12(9-14(16)18(15)23)17(22)11-3-6-13(20)7-4-11/h3-10H,2H2,1H3,(H,21,23). The summed E-state index contributed by atoms with van der Waals surface area (Å²) in [6.45, 7) is 1.83. The lowest BCUT2D eigenvalue weighted by Gasteiger charge is -2.06. The second-order valence-electron chi connectivity index (χ2n) is 5.35. The lowest BCUT2D eigenvalue weighted by Crippen LogP contribution is -2.18. The lowest BCUT2D eigenvalue weighted by atomic mass is 10.0. The Hall–Kier alpha value is -2.92. The van der Waals surface area contributed by atoms with E-state index in [1.807, 2.05) is 0 Å². The molecular formula is C19H14ClNO4. The number of aromatic amines is 1. The second-order valence-corrected chi connectivity index (χ2v) is 5.78. The molecular weight excluding hydrogens is 342 g/mol. The highest BCUT2D eigenvalue weighted by Crippen LogP contribution is 2.17. The van der Waals surface area contributed by atoms with Crippen molar-refractivity contribution in [2.75, 3.05) is 6.61 Å². The molecule has 0 aliphatic rings. The molecule has 25 heavy (non-hydrogen) atoms. The minimum atomic E-state index is -0.694. The molecule has 0 atom stereocenters. The molecule has 0 aliphatic carbocycles. The van der Waals surface area contributed by atoms with Gasteiger partial charge in [-0.2, -0.15) is 0 Å². The first-order valence-electron chi connectivity index (χ1n) is 7.64. The van der Waals surface area contributed by atoms with E-state index in [1.165, 1.54) is 12.3 Å². The van der Waals surface area contributed by atoms with E-state index in [0.717, 1.165) is 0 Å². The van der Waals surface area contributed by atoms with E-state index >= 15 is 0 Å². The van der Waals surface area contributed by atoms with Gasteiger partial charge in [-0.25, -0.2) is 4.79 Å². The predicted octanol–water partition coefficient (Wildman–Crippen LogP) is 3.59. The second kappa shape index (κ2) is 6.91. The SMILES string of the molecule is CCOC(=O)c1c[nH]c2ccc(C(=O)c3ccc(Cl)cc3)cc2c1=O. The fraction of sp³-hybridized carbons (Fsp3) is 0.105. The largest absolute Gasteiger partial charge is 0.462 e. The van der Waals surface area contributed by atoms with Crippen molar-refractivity contribution in [2.45, 2.75) is 6.92 Å². The van der Waals surface area contributed by atoms with Crippen LogP contribution >= 0.6 is 11.6 Å². The Kier molecular flexibility index (Phi) is 4.67. The van der Waals surface area contributed by atoms with Crippen LogP contribution < -0.4 is 5.43 Å². The Bertz CT molecular complexity index is 1020. The molecule has 0 aliphatic heterocycles. The van der Waals surface area contributed by atoms with Gasteiger partial charge in [0, 0.05) is 33.2 Å². The minimum absolute atomic E-state index is 0.0922. The summed E-state index contributed by atoms with van der Waals surface area (Å²) in [7, 11) is 0. The van der Waals surface area contributed by atoms with Crippen LogP contribution in [0.5, 0.6) is 0 Å². The van der Waals surface area contributed by atoms with E-state index in [0.29, 0.717) is 21.7 Å². The molecule has 0 unspecified atom stereocenters. The first-order valence-corrected chi connectivity index (χ1v) is 8.02. The van der Waals surface area contributed by atoms with Crippen LogP contribution in [0.4, 0.5) is 0 Å². The number of pyridine rings is 1. The zero-order chi connectivity index (χ0) is 18.0. The number of hydrogen-bond donors (Lipinski definition) is 1. The topological polar surface area (TPSA) is 76.2 Å². The average molecular weight is 356 g/mol. The van der Waals surface area contributed by atoms with Crippen LogP contribution in [-0.2, 0) is 4.74 Å². The normalized spacial score (nSPS) is 10.6. The summed E-state index contributed by atoms with van der Waals surface area (Å²) >= 11 is 5.83. The van der Waals surface area contributed by atoms with Gasteiger partial charge in [0.2, 0.25) is 5.43 Å². The van der Waals surface area contributed by atoms with Crippen LogP contribution in [0, 0.1) is 0 Å². The predicted molar refractivity (Wildman–Crippen MR) is 95.4 cm³/mol. The van der Waals surface area contributed by atoms with Gasteiger partial charge in [-0.05, 0) is 49.4 Å². The first kappa shape index (κ1) is 16.9. The fourth-order valence-corrected chi connectivity index (χ4v) is 2.61. The number of hydrogen-bond acceptors (Lipinski definition) is 4. The number of esters is 1. The van der Waals surface area contributed by atoms with E-state index in [9.17, 15) is 14.4 Å². The Morgan fingerprint density at radius 1 is 1.08 bits per heavy atom. The zero-order valence-electron chi connectivity index (χ0n) is 13.3. The molecule has 0 saturated carbocycles. The van der Waals surface area contributed by atoms with Crippen LogP contribution in [0.3, 0.4) is 0 Å². The number of ketones is 1. The molecule has 3 aromatic rings. The molecule has 6 heteroatoms. The monoisotopic (exact) mass is 355 g/mol. The maximum absolute atomic E-state index is 12.6. The third kappa shape index (κ3) is 3.32. The molecule has 0 saturated heterocycles. The van der Waals surface area contributed by atoms with E-state index < -0.39 is 11.4 Å². The van der Waals surface area contributed by atoms with Crippen LogP contribution in [0.2, 0.25) is 5.02 Å². The molecule has 1 heterocycles. The molecule has 3 rings (SSSR count). The highest BCUT2D eigenvalue weighted by molar-refractivity contribution is 6.30. The van der Waals surface area contributed by atoms with Gasteiger partial charge in [-0.15, -0.1) is 0 Å². The summed E-state index contributed by atoms with van der Waals surface area (Å²) < 4.78 is 4.88. The molecule has 0 radical (unpaired) electrons. The van der Waals surface area contributed by atoms with Gasteiger partial charge in [0.25, 0.3) is 0 Å². The molecule has 126 valence electrons. The maximum Gasteiger partial charge on any atom is 0.343 e. The zero-order valence-corrected chi connectivity index (χ0v) is 14.1. The number of nitrogens with one attached hydrogen (secondary N) is 1. The minimum Gasteiger partial charge on any atom is -0.462 e. The van der Waals surface area contributed by atoms with Crippen molar-refractivity contribution < 1.29 is 14.3 Å². The molecule has 2 aromatic carbocycles. The Morgan fingerprint density at radius 2 is 1.76 bits per heavy atom. The number of ether oxygens (including phenoxy) is 1. The van der Waals surface area contributed by atoms with Crippen LogP contribution in [0.15, 0.2) is 53.5 Å². The quantitative estimate of drug-likeness (QED) is 0.573. The summed E-state index contributed by atoms with van der Waals surface area (Å²) in [5.41, 5.74) is 0.775. The van der Waals surface area contributed by atoms with Crippen LogP contribution in [0.25, 0.3) is 10.9 Å². The maximum atomic E-state index is 12.6. The van der Waals surface area contributed by atoms with Crippen molar-refractivity contribution in [1.82, 2.24) is 4.98 Å². The van der Waals surface area contributed by atoms with Gasteiger partial charge in [-0.1, -0.05) is 11.6 Å². The van der Waals surface area contributed by atoms with Gasteiger partial charge >= 0.3 is 5.97 Å². The number of halogens is 1. The van der Waals surface area contributed by atoms with E-state index in [-0.39, 0.29) is 23.3 Å². The Labute approximate surface area is 148 Å². The van der Waals surface area contributed by atoms with Crippen LogP contribution in [0.1, 0.15) is 33.2 Å². The number of aromatic nitrogens is 1. The summed E-state index contributed by atoms with van der Waals surface area (Å²) in [6, 6.07) is 11.2. The smallest absolute Gasteiger partial charge is 0.343 e. The van der Waals surface area contributed by atoms with Crippen molar-refractivity contribution in [3.8, 4) is 0 Å². The van der Waals surface area contributed by atoms with Crippen molar-refractivity contribution in [1.29, 1.82) is 0 Å². The van der Waals surface area contributed by atoms with Crippen molar-refractivity contribution in [3.63, 3.8) is 0 Å². The fourth-order valence-electron chi connectivity index (χ4n) is 2.49. The number of fused-ring (bicyclic) bond motifs is 1. The summed E-state index contributed by atoms with van der Waals surface area (Å²) in [5.74, 6) is -0.931. The number of carbonyl (C=O) groups excluding carboxylic acids is 2. The Morgan fingerprint density at radius 3 is 2.44 bits per heavy atom. The molecule has 1 N–H and O–H groups in total. The molecule has 0 bridgehead atoms. The summed E-state index contributed by atoms with van der Waals surface area (Å²) in [4.78, 5) is 39.9. The molecule has 1 aromatic heterocycles. The number of rotatable bonds is 4. The number of H-pyrrole nitrogens is 1. The molecule has 0 fully saturated rings. The summed E-state index contributed by atoms with van der Waals surface area (Å²) in [6.07, 6.45) is 1.32. The first-order chi connectivity index (χ1) is 12.0. The van der Waals surface area contributed by atoms with Crippen LogP contribution in [-0.4, -0.2) is 23.3 Å². The highest BCUT2D eigenvalue weighted by atomic mass is 35.5. The van der Waals surface area contributed by atoms with E-state index in [2.05, 4.69) is 4.98 Å². The van der Waals surface area contributed by atoms with Gasteiger partial charge in [0.1, 0.15) is 5.56 Å². The van der Waals surface area contributed by atoms with Gasteiger partial charge in [0.15, 0.2) is 5.78 Å². The van der Waals surface area contributed by atoms with Crippen molar-refractivity contribution in [2.24, 2.45) is 0 Å². The highest BCUT2D eigenvalue weighted by Gasteiger charge is 2.16. The average Bonchev–Trinajstić information content (AvgIpc) is 2.62. The van der Waals surface area contributed by atoms with Gasteiger partial charge < -0.3 is 9.72 Å². The third-order valence-electron chi connectivity index (χ3n) is 3.74. The van der Waals surface area contributed by atoms with E-state index in [1.54, 1.807) is 43.3 Å². The summed E-state index contributed by atoms with van der Waals surface area (Å²) in [5, 5.41) is 0.788. The lowest BCUT2D eigenvalue weighted by molar-refractivity contribution is 0.0524.